The number of hydrogen-bond donors (Lipinski definition) is 6. The number of aromatic nitrogens is 2. The van der Waals surface area contributed by atoms with E-state index in [-0.39, 0.29) is 0 Å². The molecule has 2 aromatic rings. The predicted octanol–water partition coefficient (Wildman–Crippen LogP) is 3.33. The Bertz CT molecular complexity index is 1060. The molecule has 0 spiro atoms. The van der Waals surface area contributed by atoms with Crippen LogP contribution in [0.1, 0.15) is 43.2 Å². The van der Waals surface area contributed by atoms with Gasteiger partial charge in [0.25, 0.3) is 0 Å². The molecule has 220 valence electrons. The Morgan fingerprint density at radius 3 is 1.17 bits per heavy atom. The molecule has 6 N–H and O–H groups in total. The standard InChI is InChI=1S/C27H36N8S6/c36-22(6-14-32-24(38)8-16-34-26(40)20-4-1-10-28-18-20)30-12-3-13-31-23(37)7-15-33-25(39)9-17-35-27(41)21-5-2-11-29-19-21/h1-2,4-5,10-11,18-19H,3,6-9,12-17H2,(H,30,36)(H,31,37)(H,32,38)(H,33,39)(H,34,40)(H,35,41). The Morgan fingerprint density at radius 2 is 0.829 bits per heavy atom. The van der Waals surface area contributed by atoms with Crippen molar-refractivity contribution in [2.75, 3.05) is 39.3 Å². The number of nitrogens with one attached hydrogen (secondary N) is 6. The fraction of sp³-hybridized carbons (Fsp3) is 0.407. The minimum absolute atomic E-state index is 0.667. The molecular weight excluding hydrogens is 629 g/mol. The largest absolute Gasteiger partial charge is 0.380 e. The SMILES string of the molecule is S=C(CCNC(=S)CCNC(=S)c1cccnc1)NCCCNC(=S)CCNC(=S)CCNC(=S)c1cccnc1. The molecule has 2 rings (SSSR count). The maximum absolute atomic E-state index is 5.42. The van der Waals surface area contributed by atoms with Gasteiger partial charge in [-0.05, 0) is 30.7 Å². The summed E-state index contributed by atoms with van der Waals surface area (Å²) in [5.41, 5.74) is 1.80. The van der Waals surface area contributed by atoms with Crippen LogP contribution in [-0.2, 0) is 0 Å². The third-order valence-electron chi connectivity index (χ3n) is 5.47. The molecule has 0 aliphatic heterocycles. The highest BCUT2D eigenvalue weighted by Crippen LogP contribution is 1.98. The van der Waals surface area contributed by atoms with Crippen molar-refractivity contribution in [3.8, 4) is 0 Å². The first kappa shape index (κ1) is 34.8. The second-order valence-corrected chi connectivity index (χ2v) is 11.5. The molecule has 41 heavy (non-hydrogen) atoms. The van der Waals surface area contributed by atoms with Crippen LogP contribution in [0.2, 0.25) is 0 Å². The first-order chi connectivity index (χ1) is 19.8. The van der Waals surface area contributed by atoms with Gasteiger partial charge in [-0.2, -0.15) is 0 Å². The van der Waals surface area contributed by atoms with Crippen LogP contribution in [0, 0.1) is 0 Å². The van der Waals surface area contributed by atoms with E-state index in [1.165, 1.54) is 0 Å². The van der Waals surface area contributed by atoms with Crippen LogP contribution in [0.3, 0.4) is 0 Å². The van der Waals surface area contributed by atoms with E-state index in [0.717, 1.165) is 63.4 Å². The lowest BCUT2D eigenvalue weighted by Crippen LogP contribution is -2.33. The van der Waals surface area contributed by atoms with E-state index in [1.807, 2.05) is 24.3 Å². The Hall–Kier alpha value is -2.36. The third kappa shape index (κ3) is 16.6. The highest BCUT2D eigenvalue weighted by molar-refractivity contribution is 7.81. The zero-order valence-corrected chi connectivity index (χ0v) is 27.6. The summed E-state index contributed by atoms with van der Waals surface area (Å²) < 4.78 is 0. The van der Waals surface area contributed by atoms with Crippen molar-refractivity contribution in [2.24, 2.45) is 0 Å². The Kier molecular flexibility index (Phi) is 18.1. The van der Waals surface area contributed by atoms with Gasteiger partial charge in [0.05, 0.1) is 20.0 Å². The molecule has 0 unspecified atom stereocenters. The lowest BCUT2D eigenvalue weighted by molar-refractivity contribution is 0.731. The van der Waals surface area contributed by atoms with Crippen molar-refractivity contribution in [3.63, 3.8) is 0 Å². The monoisotopic (exact) mass is 664 g/mol. The van der Waals surface area contributed by atoms with Crippen LogP contribution in [0.15, 0.2) is 49.1 Å². The molecule has 8 nitrogen and oxygen atoms in total. The minimum atomic E-state index is 0.667. The maximum atomic E-state index is 5.42. The molecule has 0 bridgehead atoms. The predicted molar refractivity (Wildman–Crippen MR) is 193 cm³/mol. The molecule has 0 amide bonds. The molecule has 0 atom stereocenters. The third-order valence-corrected chi connectivity index (χ3v) is 7.62. The minimum Gasteiger partial charge on any atom is -0.380 e. The highest BCUT2D eigenvalue weighted by atomic mass is 32.1. The average Bonchev–Trinajstić information content (AvgIpc) is 2.97. The van der Waals surface area contributed by atoms with Crippen LogP contribution in [-0.4, -0.2) is 79.2 Å². The number of nitrogens with zero attached hydrogens (tertiary/aromatic N) is 2. The molecule has 0 aliphatic rings. The smallest absolute Gasteiger partial charge is 0.108 e. The topological polar surface area (TPSA) is 98.0 Å². The summed E-state index contributed by atoms with van der Waals surface area (Å²) in [5.74, 6) is 0. The van der Waals surface area contributed by atoms with E-state index in [1.54, 1.807) is 24.8 Å². The summed E-state index contributed by atoms with van der Waals surface area (Å²) in [6.45, 7) is 4.29. The lowest BCUT2D eigenvalue weighted by atomic mass is 10.3. The van der Waals surface area contributed by atoms with Crippen LogP contribution in [0.25, 0.3) is 0 Å². The van der Waals surface area contributed by atoms with E-state index in [0.29, 0.717) is 49.0 Å². The molecule has 14 heteroatoms. The van der Waals surface area contributed by atoms with Crippen molar-refractivity contribution >= 4 is 103 Å². The first-order valence-corrected chi connectivity index (χ1v) is 15.7. The summed E-state index contributed by atoms with van der Waals surface area (Å²) in [6.07, 6.45) is 10.7. The van der Waals surface area contributed by atoms with E-state index in [9.17, 15) is 0 Å². The van der Waals surface area contributed by atoms with Gasteiger partial charge in [-0.25, -0.2) is 0 Å². The van der Waals surface area contributed by atoms with Crippen molar-refractivity contribution in [2.45, 2.75) is 32.1 Å². The van der Waals surface area contributed by atoms with Crippen LogP contribution in [0.4, 0.5) is 0 Å². The second kappa shape index (κ2) is 21.4. The van der Waals surface area contributed by atoms with Gasteiger partial charge in [0.2, 0.25) is 0 Å². The summed E-state index contributed by atoms with van der Waals surface area (Å²) >= 11 is 32.4. The number of pyridine rings is 2. The van der Waals surface area contributed by atoms with Gasteiger partial charge in [-0.15, -0.1) is 0 Å². The second-order valence-electron chi connectivity index (χ2n) is 8.75. The molecule has 0 aromatic carbocycles. The van der Waals surface area contributed by atoms with Crippen LogP contribution < -0.4 is 31.9 Å². The van der Waals surface area contributed by atoms with Crippen LogP contribution in [0.5, 0.6) is 0 Å². The van der Waals surface area contributed by atoms with Gasteiger partial charge in [0.1, 0.15) is 9.98 Å². The molecular formula is C27H36N8S6. The summed E-state index contributed by atoms with van der Waals surface area (Å²) in [5, 5.41) is 19.5. The fourth-order valence-electron chi connectivity index (χ4n) is 3.31. The fourth-order valence-corrected chi connectivity index (χ4v) is 4.57. The number of hydrogen-bond acceptors (Lipinski definition) is 8. The number of rotatable bonds is 18. The zero-order valence-electron chi connectivity index (χ0n) is 22.7. The Morgan fingerprint density at radius 1 is 0.488 bits per heavy atom. The molecule has 2 heterocycles. The van der Waals surface area contributed by atoms with Gasteiger partial charge < -0.3 is 31.9 Å². The van der Waals surface area contributed by atoms with Crippen molar-refractivity contribution in [3.05, 3.63) is 60.2 Å². The average molecular weight is 665 g/mol. The molecule has 2 aromatic heterocycles. The van der Waals surface area contributed by atoms with Gasteiger partial charge in [-0.1, -0.05) is 73.3 Å². The Labute approximate surface area is 275 Å². The van der Waals surface area contributed by atoms with Gasteiger partial charge in [0.15, 0.2) is 0 Å². The molecule has 0 fully saturated rings. The lowest BCUT2D eigenvalue weighted by Gasteiger charge is -2.13. The van der Waals surface area contributed by atoms with Crippen LogP contribution >= 0.6 is 73.3 Å². The van der Waals surface area contributed by atoms with Crippen molar-refractivity contribution in [1.82, 2.24) is 41.9 Å². The van der Waals surface area contributed by atoms with E-state index >= 15 is 0 Å². The molecule has 0 aliphatic carbocycles. The zero-order chi connectivity index (χ0) is 29.7. The van der Waals surface area contributed by atoms with E-state index in [2.05, 4.69) is 41.9 Å². The van der Waals surface area contributed by atoms with Gasteiger partial charge in [0, 0.05) is 101 Å². The van der Waals surface area contributed by atoms with Crippen molar-refractivity contribution < 1.29 is 0 Å². The summed E-state index contributed by atoms with van der Waals surface area (Å²) in [7, 11) is 0. The quantitative estimate of drug-likeness (QED) is 0.104. The van der Waals surface area contributed by atoms with Gasteiger partial charge in [-0.3, -0.25) is 9.97 Å². The highest BCUT2D eigenvalue weighted by Gasteiger charge is 2.04. The number of thiocarbonyl (C=S) groups is 6. The molecule has 0 radical (unpaired) electrons. The van der Waals surface area contributed by atoms with E-state index in [4.69, 9.17) is 73.3 Å². The maximum Gasteiger partial charge on any atom is 0.108 e. The first-order valence-electron chi connectivity index (χ1n) is 13.3. The van der Waals surface area contributed by atoms with E-state index < -0.39 is 0 Å². The summed E-state index contributed by atoms with van der Waals surface area (Å²) in [6, 6.07) is 7.58. The molecule has 0 saturated carbocycles. The molecule has 0 saturated heterocycles. The van der Waals surface area contributed by atoms with Crippen molar-refractivity contribution in [1.29, 1.82) is 0 Å². The normalized spacial score (nSPS) is 10.1. The van der Waals surface area contributed by atoms with Gasteiger partial charge >= 0.3 is 0 Å². The summed E-state index contributed by atoms with van der Waals surface area (Å²) in [4.78, 5) is 12.7. The Balaban J connectivity index is 1.39.